The average molecular weight is 432 g/mol. The third-order valence-corrected chi connectivity index (χ3v) is 6.41. The van der Waals surface area contributed by atoms with Crippen molar-refractivity contribution in [2.24, 2.45) is 0 Å². The van der Waals surface area contributed by atoms with Crippen molar-refractivity contribution in [3.8, 4) is 0 Å². The molecule has 0 saturated carbocycles. The van der Waals surface area contributed by atoms with E-state index >= 15 is 0 Å². The standard InChI is InChI=1S/C21H25N3O5S/c1-14-12-24(13-15(2)29-14)30(27,28)20-6-4-5-17(11-20)21(26)23-19-9-7-18(8-10-19)22-16(3)25/h4-11,14-15H,12-13H2,1-3H3,(H,22,25)(H,23,26)/t14-,15-/m0/s1. The Hall–Kier alpha value is -2.75. The lowest BCUT2D eigenvalue weighted by Gasteiger charge is -2.34. The van der Waals surface area contributed by atoms with E-state index in [0.717, 1.165) is 0 Å². The van der Waals surface area contributed by atoms with Gasteiger partial charge in [-0.3, -0.25) is 9.59 Å². The van der Waals surface area contributed by atoms with E-state index in [0.29, 0.717) is 11.4 Å². The number of nitrogens with one attached hydrogen (secondary N) is 2. The first-order chi connectivity index (χ1) is 14.1. The summed E-state index contributed by atoms with van der Waals surface area (Å²) >= 11 is 0. The molecule has 2 atom stereocenters. The lowest BCUT2D eigenvalue weighted by Crippen LogP contribution is -2.48. The van der Waals surface area contributed by atoms with E-state index in [-0.39, 0.29) is 41.7 Å². The van der Waals surface area contributed by atoms with Crippen molar-refractivity contribution in [2.75, 3.05) is 23.7 Å². The van der Waals surface area contributed by atoms with Gasteiger partial charge in [0.15, 0.2) is 0 Å². The van der Waals surface area contributed by atoms with Gasteiger partial charge in [0.25, 0.3) is 5.91 Å². The van der Waals surface area contributed by atoms with Crippen LogP contribution >= 0.6 is 0 Å². The summed E-state index contributed by atoms with van der Waals surface area (Å²) in [5.74, 6) is -0.614. The number of sulfonamides is 1. The molecule has 2 aromatic rings. The molecule has 3 rings (SSSR count). The smallest absolute Gasteiger partial charge is 0.255 e. The monoisotopic (exact) mass is 431 g/mol. The summed E-state index contributed by atoms with van der Waals surface area (Å²) in [6.45, 7) is 5.61. The molecule has 0 spiro atoms. The van der Waals surface area contributed by atoms with Crippen molar-refractivity contribution in [1.82, 2.24) is 4.31 Å². The van der Waals surface area contributed by atoms with Crippen molar-refractivity contribution in [1.29, 1.82) is 0 Å². The lowest BCUT2D eigenvalue weighted by molar-refractivity contribution is -0.114. The number of carbonyl (C=O) groups is 2. The van der Waals surface area contributed by atoms with Crippen LogP contribution in [-0.2, 0) is 19.6 Å². The van der Waals surface area contributed by atoms with E-state index in [1.54, 1.807) is 36.4 Å². The van der Waals surface area contributed by atoms with Crippen LogP contribution in [0.15, 0.2) is 53.4 Å². The molecule has 0 unspecified atom stereocenters. The van der Waals surface area contributed by atoms with E-state index in [1.165, 1.54) is 23.4 Å². The maximum atomic E-state index is 13.0. The Balaban J connectivity index is 1.76. The van der Waals surface area contributed by atoms with Gasteiger partial charge in [-0.2, -0.15) is 4.31 Å². The van der Waals surface area contributed by atoms with Crippen LogP contribution in [0, 0.1) is 0 Å². The molecule has 2 amide bonds. The molecule has 30 heavy (non-hydrogen) atoms. The first-order valence-electron chi connectivity index (χ1n) is 9.60. The summed E-state index contributed by atoms with van der Waals surface area (Å²) in [4.78, 5) is 23.8. The summed E-state index contributed by atoms with van der Waals surface area (Å²) in [5.41, 5.74) is 1.37. The zero-order chi connectivity index (χ0) is 21.9. The average Bonchev–Trinajstić information content (AvgIpc) is 2.68. The van der Waals surface area contributed by atoms with Crippen molar-refractivity contribution in [3.63, 3.8) is 0 Å². The molecule has 0 bridgehead atoms. The molecule has 1 heterocycles. The van der Waals surface area contributed by atoms with Gasteiger partial charge < -0.3 is 15.4 Å². The van der Waals surface area contributed by atoms with Crippen LogP contribution in [-0.4, -0.2) is 49.8 Å². The molecular weight excluding hydrogens is 406 g/mol. The molecule has 0 radical (unpaired) electrons. The number of ether oxygens (including phenoxy) is 1. The number of rotatable bonds is 5. The number of hydrogen-bond donors (Lipinski definition) is 2. The Morgan fingerprint density at radius 1 is 0.967 bits per heavy atom. The zero-order valence-corrected chi connectivity index (χ0v) is 17.9. The van der Waals surface area contributed by atoms with Crippen molar-refractivity contribution in [2.45, 2.75) is 37.9 Å². The quantitative estimate of drug-likeness (QED) is 0.757. The molecule has 2 N–H and O–H groups in total. The fourth-order valence-corrected chi connectivity index (χ4v) is 4.95. The minimum absolute atomic E-state index is 0.0671. The van der Waals surface area contributed by atoms with E-state index in [2.05, 4.69) is 10.6 Å². The third kappa shape index (κ3) is 5.24. The van der Waals surface area contributed by atoms with Crippen LogP contribution in [0.2, 0.25) is 0 Å². The lowest BCUT2D eigenvalue weighted by atomic mass is 10.2. The highest BCUT2D eigenvalue weighted by atomic mass is 32.2. The summed E-state index contributed by atoms with van der Waals surface area (Å²) in [5, 5.41) is 5.38. The van der Waals surface area contributed by atoms with Gasteiger partial charge in [-0.1, -0.05) is 6.07 Å². The Morgan fingerprint density at radius 2 is 1.53 bits per heavy atom. The van der Waals surface area contributed by atoms with Gasteiger partial charge in [-0.05, 0) is 56.3 Å². The first kappa shape index (κ1) is 21.9. The summed E-state index contributed by atoms with van der Waals surface area (Å²) in [6, 6.07) is 12.6. The van der Waals surface area contributed by atoms with Gasteiger partial charge in [0.1, 0.15) is 0 Å². The largest absolute Gasteiger partial charge is 0.373 e. The second kappa shape index (κ2) is 8.95. The van der Waals surface area contributed by atoms with E-state index in [1.807, 2.05) is 13.8 Å². The number of anilines is 2. The number of carbonyl (C=O) groups excluding carboxylic acids is 2. The predicted molar refractivity (Wildman–Crippen MR) is 114 cm³/mol. The van der Waals surface area contributed by atoms with Crippen molar-refractivity contribution >= 4 is 33.2 Å². The molecule has 1 saturated heterocycles. The van der Waals surface area contributed by atoms with E-state index in [9.17, 15) is 18.0 Å². The van der Waals surface area contributed by atoms with Crippen molar-refractivity contribution in [3.05, 3.63) is 54.1 Å². The normalized spacial score (nSPS) is 19.8. The van der Waals surface area contributed by atoms with Gasteiger partial charge >= 0.3 is 0 Å². The number of benzene rings is 2. The molecule has 9 heteroatoms. The maximum Gasteiger partial charge on any atom is 0.255 e. The molecule has 1 fully saturated rings. The molecular formula is C21H25N3O5S. The summed E-state index contributed by atoms with van der Waals surface area (Å²) in [6.07, 6.45) is -0.397. The summed E-state index contributed by atoms with van der Waals surface area (Å²) < 4.78 is 33.1. The maximum absolute atomic E-state index is 13.0. The van der Waals surface area contributed by atoms with Crippen LogP contribution in [0.25, 0.3) is 0 Å². The van der Waals surface area contributed by atoms with Crippen LogP contribution in [0.4, 0.5) is 11.4 Å². The Bertz CT molecular complexity index is 1030. The fourth-order valence-electron chi connectivity index (χ4n) is 3.32. The van der Waals surface area contributed by atoms with Crippen molar-refractivity contribution < 1.29 is 22.7 Å². The minimum Gasteiger partial charge on any atom is -0.373 e. The second-order valence-corrected chi connectivity index (χ2v) is 9.26. The van der Waals surface area contributed by atoms with Crippen LogP contribution in [0.1, 0.15) is 31.1 Å². The molecule has 2 aromatic carbocycles. The zero-order valence-electron chi connectivity index (χ0n) is 17.1. The Labute approximate surface area is 176 Å². The number of amides is 2. The Morgan fingerprint density at radius 3 is 2.10 bits per heavy atom. The number of nitrogens with zero attached hydrogens (tertiary/aromatic N) is 1. The van der Waals surface area contributed by atoms with Gasteiger partial charge in [-0.15, -0.1) is 0 Å². The third-order valence-electron chi connectivity index (χ3n) is 4.58. The highest BCUT2D eigenvalue weighted by Crippen LogP contribution is 2.22. The van der Waals surface area contributed by atoms with Crippen LogP contribution in [0.5, 0.6) is 0 Å². The molecule has 160 valence electrons. The minimum atomic E-state index is -3.74. The highest BCUT2D eigenvalue weighted by Gasteiger charge is 2.32. The van der Waals surface area contributed by atoms with Gasteiger partial charge in [-0.25, -0.2) is 8.42 Å². The Kier molecular flexibility index (Phi) is 6.55. The second-order valence-electron chi connectivity index (χ2n) is 7.32. The SMILES string of the molecule is CC(=O)Nc1ccc(NC(=O)c2cccc(S(=O)(=O)N3C[C@H](C)O[C@@H](C)C3)c2)cc1. The van der Waals surface area contributed by atoms with E-state index < -0.39 is 15.9 Å². The first-order valence-corrected chi connectivity index (χ1v) is 11.0. The fraction of sp³-hybridized carbons (Fsp3) is 0.333. The van der Waals surface area contributed by atoms with Gasteiger partial charge in [0.05, 0.1) is 17.1 Å². The predicted octanol–water partition coefficient (Wildman–Crippen LogP) is 2.70. The topological polar surface area (TPSA) is 105 Å². The van der Waals surface area contributed by atoms with Crippen LogP contribution < -0.4 is 10.6 Å². The number of hydrogen-bond acceptors (Lipinski definition) is 5. The van der Waals surface area contributed by atoms with Crippen LogP contribution in [0.3, 0.4) is 0 Å². The molecule has 1 aliphatic heterocycles. The molecule has 0 aromatic heterocycles. The summed E-state index contributed by atoms with van der Waals surface area (Å²) in [7, 11) is -3.74. The van der Waals surface area contributed by atoms with Gasteiger partial charge in [0, 0.05) is 37.0 Å². The number of morpholine rings is 1. The van der Waals surface area contributed by atoms with E-state index in [4.69, 9.17) is 4.74 Å². The molecule has 8 nitrogen and oxygen atoms in total. The molecule has 0 aliphatic carbocycles. The molecule has 1 aliphatic rings. The highest BCUT2D eigenvalue weighted by molar-refractivity contribution is 7.89. The van der Waals surface area contributed by atoms with Gasteiger partial charge in [0.2, 0.25) is 15.9 Å².